The lowest BCUT2D eigenvalue weighted by atomic mass is 9.91. The molecule has 1 nitrogen and oxygen atoms in total. The molecule has 1 aromatic rings. The molecule has 0 saturated carbocycles. The molecular formula is C20H23N. The van der Waals surface area contributed by atoms with Crippen LogP contribution in [0.25, 0.3) is 6.08 Å². The van der Waals surface area contributed by atoms with Gasteiger partial charge in [0.15, 0.2) is 0 Å². The van der Waals surface area contributed by atoms with E-state index in [4.69, 9.17) is 0 Å². The molecule has 1 heteroatoms. The van der Waals surface area contributed by atoms with E-state index in [1.165, 1.54) is 11.1 Å². The number of nitrogens with zero attached hydrogens (tertiary/aromatic N) is 1. The quantitative estimate of drug-likeness (QED) is 0.631. The van der Waals surface area contributed by atoms with Crippen LogP contribution in [-0.2, 0) is 6.42 Å². The number of hydrogen-bond donors (Lipinski definition) is 0. The molecule has 1 aromatic heterocycles. The number of rotatable bonds is 6. The molecule has 0 fully saturated rings. The van der Waals surface area contributed by atoms with Crippen molar-refractivity contribution in [1.82, 2.24) is 4.98 Å². The maximum Gasteiger partial charge on any atom is 0.0450 e. The highest BCUT2D eigenvalue weighted by Crippen LogP contribution is 2.25. The normalized spacial score (nSPS) is 14.7. The molecule has 0 aliphatic heterocycles. The van der Waals surface area contributed by atoms with Crippen LogP contribution in [0.3, 0.4) is 0 Å². The van der Waals surface area contributed by atoms with Gasteiger partial charge in [-0.2, -0.15) is 0 Å². The topological polar surface area (TPSA) is 12.9 Å². The third-order valence-electron chi connectivity index (χ3n) is 3.69. The van der Waals surface area contributed by atoms with Gasteiger partial charge in [-0.1, -0.05) is 56.0 Å². The Balaban J connectivity index is 2.04. The highest BCUT2D eigenvalue weighted by molar-refractivity contribution is 5.47. The predicted molar refractivity (Wildman–Crippen MR) is 92.0 cm³/mol. The summed E-state index contributed by atoms with van der Waals surface area (Å²) in [7, 11) is 0. The minimum absolute atomic E-state index is 0.919. The van der Waals surface area contributed by atoms with Crippen LogP contribution in [0.2, 0.25) is 0 Å². The van der Waals surface area contributed by atoms with Gasteiger partial charge in [-0.3, -0.25) is 4.98 Å². The summed E-state index contributed by atoms with van der Waals surface area (Å²) in [6.07, 6.45) is 16.6. The minimum Gasteiger partial charge on any atom is -0.261 e. The smallest absolute Gasteiger partial charge is 0.0450 e. The fourth-order valence-corrected chi connectivity index (χ4v) is 2.42. The lowest BCUT2D eigenvalue weighted by molar-refractivity contribution is 0.866. The summed E-state index contributed by atoms with van der Waals surface area (Å²) < 4.78 is 0. The molecule has 0 spiro atoms. The zero-order valence-corrected chi connectivity index (χ0v) is 12.8. The van der Waals surface area contributed by atoms with E-state index < -0.39 is 0 Å². The molecule has 0 bridgehead atoms. The largest absolute Gasteiger partial charge is 0.261 e. The highest BCUT2D eigenvalue weighted by atomic mass is 14.7. The zero-order chi connectivity index (χ0) is 15.1. The monoisotopic (exact) mass is 277 g/mol. The van der Waals surface area contributed by atoms with Crippen molar-refractivity contribution in [3.63, 3.8) is 0 Å². The Morgan fingerprint density at radius 3 is 2.86 bits per heavy atom. The van der Waals surface area contributed by atoms with Crippen molar-refractivity contribution >= 4 is 6.08 Å². The summed E-state index contributed by atoms with van der Waals surface area (Å²) in [5, 5.41) is 0. The van der Waals surface area contributed by atoms with Crippen LogP contribution < -0.4 is 0 Å². The third kappa shape index (κ3) is 4.42. The third-order valence-corrected chi connectivity index (χ3v) is 3.69. The molecule has 108 valence electrons. The Hall–Kier alpha value is -2.15. The number of aromatic nitrogens is 1. The molecule has 2 rings (SSSR count). The van der Waals surface area contributed by atoms with Crippen molar-refractivity contribution in [3.05, 3.63) is 83.8 Å². The standard InChI is InChI=1S/C20H23N/c1-4-6-7-16(3)19-10-8-18(9-11-19)15-20-14-17(5-2)12-13-21-20/h5-8,10,12-14H,2-4,9,11,15H2,1H3/b7-6-. The number of hydrogen-bond acceptors (Lipinski definition) is 1. The van der Waals surface area contributed by atoms with Crippen LogP contribution >= 0.6 is 0 Å². The van der Waals surface area contributed by atoms with Crippen LogP contribution in [0.15, 0.2) is 72.5 Å². The minimum atomic E-state index is 0.919. The van der Waals surface area contributed by atoms with Gasteiger partial charge in [0, 0.05) is 18.3 Å². The highest BCUT2D eigenvalue weighted by Gasteiger charge is 2.09. The maximum absolute atomic E-state index is 4.44. The van der Waals surface area contributed by atoms with E-state index in [0.29, 0.717) is 0 Å². The molecule has 1 aliphatic rings. The first kappa shape index (κ1) is 15.2. The Labute approximate surface area is 128 Å². The van der Waals surface area contributed by atoms with Crippen molar-refractivity contribution in [2.45, 2.75) is 32.6 Å². The van der Waals surface area contributed by atoms with Crippen LogP contribution in [0.1, 0.15) is 37.4 Å². The van der Waals surface area contributed by atoms with Gasteiger partial charge in [0.25, 0.3) is 0 Å². The van der Waals surface area contributed by atoms with E-state index in [1.807, 2.05) is 18.3 Å². The summed E-state index contributed by atoms with van der Waals surface area (Å²) in [5.74, 6) is 0. The van der Waals surface area contributed by atoms with E-state index in [0.717, 1.165) is 42.5 Å². The van der Waals surface area contributed by atoms with Gasteiger partial charge in [-0.05, 0) is 48.1 Å². The molecule has 0 atom stereocenters. The van der Waals surface area contributed by atoms with Gasteiger partial charge in [-0.25, -0.2) is 0 Å². The average molecular weight is 277 g/mol. The average Bonchev–Trinajstić information content (AvgIpc) is 2.53. The Bertz CT molecular complexity index is 614. The molecule has 0 N–H and O–H groups in total. The van der Waals surface area contributed by atoms with Gasteiger partial charge < -0.3 is 0 Å². The summed E-state index contributed by atoms with van der Waals surface area (Å²) in [4.78, 5) is 4.44. The summed E-state index contributed by atoms with van der Waals surface area (Å²) in [5.41, 5.74) is 6.15. The van der Waals surface area contributed by atoms with Crippen molar-refractivity contribution < 1.29 is 0 Å². The van der Waals surface area contributed by atoms with E-state index in [2.05, 4.69) is 55.4 Å². The van der Waals surface area contributed by atoms with E-state index >= 15 is 0 Å². The molecule has 0 saturated heterocycles. The van der Waals surface area contributed by atoms with Gasteiger partial charge in [-0.15, -0.1) is 0 Å². The predicted octanol–water partition coefficient (Wildman–Crippen LogP) is 5.44. The van der Waals surface area contributed by atoms with Crippen LogP contribution in [0.5, 0.6) is 0 Å². The Kier molecular flexibility index (Phi) is 5.51. The van der Waals surface area contributed by atoms with Crippen molar-refractivity contribution in [2.75, 3.05) is 0 Å². The summed E-state index contributed by atoms with van der Waals surface area (Å²) >= 11 is 0. The SMILES string of the molecule is C=Cc1ccnc(CC2=CC=C(C(=C)/C=C\CC)CC2)c1. The molecule has 0 unspecified atom stereocenters. The van der Waals surface area contributed by atoms with E-state index in [-0.39, 0.29) is 0 Å². The van der Waals surface area contributed by atoms with Gasteiger partial charge in [0.2, 0.25) is 0 Å². The van der Waals surface area contributed by atoms with E-state index in [1.54, 1.807) is 0 Å². The Morgan fingerprint density at radius 1 is 1.33 bits per heavy atom. The van der Waals surface area contributed by atoms with Crippen molar-refractivity contribution in [3.8, 4) is 0 Å². The fourth-order valence-electron chi connectivity index (χ4n) is 2.42. The zero-order valence-electron chi connectivity index (χ0n) is 12.8. The lowest BCUT2D eigenvalue weighted by Crippen LogP contribution is -2.00. The molecule has 21 heavy (non-hydrogen) atoms. The molecule has 0 aromatic carbocycles. The first-order valence-electron chi connectivity index (χ1n) is 7.54. The lowest BCUT2D eigenvalue weighted by Gasteiger charge is -2.15. The molecule has 1 heterocycles. The van der Waals surface area contributed by atoms with Gasteiger partial charge in [0.05, 0.1) is 0 Å². The Morgan fingerprint density at radius 2 is 2.19 bits per heavy atom. The van der Waals surface area contributed by atoms with Crippen molar-refractivity contribution in [2.24, 2.45) is 0 Å². The maximum atomic E-state index is 4.44. The second kappa shape index (κ2) is 7.58. The second-order valence-electron chi connectivity index (χ2n) is 5.31. The summed E-state index contributed by atoms with van der Waals surface area (Å²) in [6.45, 7) is 10.1. The molecule has 0 radical (unpaired) electrons. The van der Waals surface area contributed by atoms with Crippen molar-refractivity contribution in [1.29, 1.82) is 0 Å². The first-order chi connectivity index (χ1) is 10.2. The molecule has 0 amide bonds. The molecular weight excluding hydrogens is 254 g/mol. The molecule has 1 aliphatic carbocycles. The van der Waals surface area contributed by atoms with Crippen LogP contribution in [0.4, 0.5) is 0 Å². The second-order valence-corrected chi connectivity index (χ2v) is 5.31. The first-order valence-corrected chi connectivity index (χ1v) is 7.54. The van der Waals surface area contributed by atoms with Crippen LogP contribution in [0, 0.1) is 0 Å². The number of pyridine rings is 1. The van der Waals surface area contributed by atoms with E-state index in [9.17, 15) is 0 Å². The van der Waals surface area contributed by atoms with Crippen LogP contribution in [-0.4, -0.2) is 4.98 Å². The van der Waals surface area contributed by atoms with Gasteiger partial charge >= 0.3 is 0 Å². The summed E-state index contributed by atoms with van der Waals surface area (Å²) in [6, 6.07) is 4.09. The number of allylic oxidation sites excluding steroid dienone is 7. The fraction of sp³-hybridized carbons (Fsp3) is 0.250. The van der Waals surface area contributed by atoms with Gasteiger partial charge in [0.1, 0.15) is 0 Å².